The zero-order chi connectivity index (χ0) is 16.2. The third-order valence-corrected chi connectivity index (χ3v) is 2.63. The molecule has 0 fully saturated rings. The first-order valence-corrected chi connectivity index (χ1v) is 6.15. The molecule has 0 aliphatic rings. The van der Waals surface area contributed by atoms with E-state index in [0.29, 0.717) is 6.54 Å². The summed E-state index contributed by atoms with van der Waals surface area (Å²) >= 11 is 0. The van der Waals surface area contributed by atoms with Gasteiger partial charge in [0, 0.05) is 19.2 Å². The molecule has 0 radical (unpaired) electrons. The highest BCUT2D eigenvalue weighted by Crippen LogP contribution is 2.08. The lowest BCUT2D eigenvalue weighted by Crippen LogP contribution is -2.47. The van der Waals surface area contributed by atoms with Gasteiger partial charge in [-0.25, -0.2) is 0 Å². The standard InChI is InChI=1S/C12H18N4O5/c1-12(19,7-15(2)3)6-14-11(18)9-4-8(16(20)21)5-13-10(9)17/h4-5,19H,6-7H2,1-3H3,(H,13,17)(H,14,18). The first kappa shape index (κ1) is 16.8. The van der Waals surface area contributed by atoms with Crippen molar-refractivity contribution in [2.75, 3.05) is 27.2 Å². The van der Waals surface area contributed by atoms with Crippen LogP contribution in [0.3, 0.4) is 0 Å². The van der Waals surface area contributed by atoms with E-state index in [1.807, 2.05) is 0 Å². The number of carbonyl (C=O) groups excluding carboxylic acids is 1. The third-order valence-electron chi connectivity index (χ3n) is 2.63. The minimum atomic E-state index is -1.19. The highest BCUT2D eigenvalue weighted by molar-refractivity contribution is 5.94. The van der Waals surface area contributed by atoms with Crippen LogP contribution in [0.5, 0.6) is 0 Å². The summed E-state index contributed by atoms with van der Waals surface area (Å²) in [4.78, 5) is 37.2. The molecule has 0 spiro atoms. The molecule has 1 aromatic heterocycles. The van der Waals surface area contributed by atoms with E-state index in [4.69, 9.17) is 0 Å². The average Bonchev–Trinajstić information content (AvgIpc) is 2.34. The molecule has 0 saturated heterocycles. The Kier molecular flexibility index (Phi) is 5.17. The molecular weight excluding hydrogens is 280 g/mol. The zero-order valence-corrected chi connectivity index (χ0v) is 12.0. The summed E-state index contributed by atoms with van der Waals surface area (Å²) in [6.07, 6.45) is 0.918. The van der Waals surface area contributed by atoms with Gasteiger partial charge in [0.25, 0.3) is 17.2 Å². The summed E-state index contributed by atoms with van der Waals surface area (Å²) in [7, 11) is 3.53. The lowest BCUT2D eigenvalue weighted by Gasteiger charge is -2.26. The fourth-order valence-electron chi connectivity index (χ4n) is 1.85. The average molecular weight is 298 g/mol. The molecule has 1 heterocycles. The number of aliphatic hydroxyl groups is 1. The van der Waals surface area contributed by atoms with Crippen LogP contribution >= 0.6 is 0 Å². The third kappa shape index (κ3) is 4.97. The SMILES string of the molecule is CN(C)CC(C)(O)CNC(=O)c1cc([N+](=O)[O-])c[nH]c1=O. The number of nitro groups is 1. The Labute approximate surface area is 120 Å². The summed E-state index contributed by atoms with van der Waals surface area (Å²) in [6, 6.07) is 0.898. The lowest BCUT2D eigenvalue weighted by molar-refractivity contribution is -0.385. The maximum Gasteiger partial charge on any atom is 0.286 e. The predicted octanol–water partition coefficient (Wildman–Crippen LogP) is -0.674. The molecule has 0 bridgehead atoms. The number of likely N-dealkylation sites (N-methyl/N-ethyl adjacent to an activating group) is 1. The number of nitrogens with one attached hydrogen (secondary N) is 2. The van der Waals surface area contributed by atoms with E-state index in [0.717, 1.165) is 12.3 Å². The minimum Gasteiger partial charge on any atom is -0.387 e. The first-order valence-electron chi connectivity index (χ1n) is 6.15. The van der Waals surface area contributed by atoms with Crippen LogP contribution in [0.25, 0.3) is 0 Å². The number of pyridine rings is 1. The van der Waals surface area contributed by atoms with Gasteiger partial charge in [0.2, 0.25) is 0 Å². The fourth-order valence-corrected chi connectivity index (χ4v) is 1.85. The molecule has 1 atom stereocenters. The molecule has 21 heavy (non-hydrogen) atoms. The van der Waals surface area contributed by atoms with Crippen LogP contribution in [-0.4, -0.2) is 58.6 Å². The van der Waals surface area contributed by atoms with Gasteiger partial charge >= 0.3 is 0 Å². The highest BCUT2D eigenvalue weighted by Gasteiger charge is 2.23. The second kappa shape index (κ2) is 6.46. The van der Waals surface area contributed by atoms with Gasteiger partial charge in [-0.15, -0.1) is 0 Å². The van der Waals surface area contributed by atoms with Crippen LogP contribution in [0, 0.1) is 10.1 Å². The largest absolute Gasteiger partial charge is 0.387 e. The molecule has 1 amide bonds. The van der Waals surface area contributed by atoms with Crippen LogP contribution in [0.2, 0.25) is 0 Å². The van der Waals surface area contributed by atoms with Gasteiger partial charge in [0.15, 0.2) is 0 Å². The van der Waals surface area contributed by atoms with Gasteiger partial charge < -0.3 is 20.3 Å². The zero-order valence-electron chi connectivity index (χ0n) is 12.0. The number of hydrogen-bond acceptors (Lipinski definition) is 6. The molecule has 0 saturated carbocycles. The van der Waals surface area contributed by atoms with Crippen LogP contribution in [-0.2, 0) is 0 Å². The molecule has 1 unspecified atom stereocenters. The van der Waals surface area contributed by atoms with Crippen molar-refractivity contribution in [1.82, 2.24) is 15.2 Å². The number of aromatic amines is 1. The number of nitrogens with zero attached hydrogens (tertiary/aromatic N) is 2. The van der Waals surface area contributed by atoms with Crippen molar-refractivity contribution < 1.29 is 14.8 Å². The maximum absolute atomic E-state index is 11.9. The quantitative estimate of drug-likeness (QED) is 0.471. The van der Waals surface area contributed by atoms with Crippen molar-refractivity contribution in [3.63, 3.8) is 0 Å². The number of aromatic nitrogens is 1. The molecule has 1 rings (SSSR count). The van der Waals surface area contributed by atoms with Gasteiger partial charge in [-0.1, -0.05) is 0 Å². The summed E-state index contributed by atoms with van der Waals surface area (Å²) in [6.45, 7) is 1.75. The van der Waals surface area contributed by atoms with E-state index in [2.05, 4.69) is 10.3 Å². The first-order chi connectivity index (χ1) is 9.62. The summed E-state index contributed by atoms with van der Waals surface area (Å²) < 4.78 is 0. The fraction of sp³-hybridized carbons (Fsp3) is 0.500. The molecule has 116 valence electrons. The maximum atomic E-state index is 11.9. The number of rotatable bonds is 6. The Morgan fingerprint density at radius 1 is 1.57 bits per heavy atom. The summed E-state index contributed by atoms with van der Waals surface area (Å²) in [5.74, 6) is -0.779. The van der Waals surface area contributed by atoms with Crippen molar-refractivity contribution in [2.24, 2.45) is 0 Å². The normalized spacial score (nSPS) is 13.8. The van der Waals surface area contributed by atoms with Crippen LogP contribution in [0.1, 0.15) is 17.3 Å². The van der Waals surface area contributed by atoms with Gasteiger partial charge in [-0.2, -0.15) is 0 Å². The van der Waals surface area contributed by atoms with Crippen molar-refractivity contribution in [3.05, 3.63) is 38.3 Å². The second-order valence-electron chi connectivity index (χ2n) is 5.28. The summed E-state index contributed by atoms with van der Waals surface area (Å²) in [5, 5.41) is 23.1. The molecule has 9 heteroatoms. The van der Waals surface area contributed by atoms with Crippen LogP contribution in [0.15, 0.2) is 17.1 Å². The number of hydrogen-bond donors (Lipinski definition) is 3. The number of H-pyrrole nitrogens is 1. The number of carbonyl (C=O) groups is 1. The summed E-state index contributed by atoms with van der Waals surface area (Å²) in [5.41, 5.74) is -2.68. The van der Waals surface area contributed by atoms with E-state index < -0.39 is 22.0 Å². The van der Waals surface area contributed by atoms with Crippen molar-refractivity contribution in [1.29, 1.82) is 0 Å². The Morgan fingerprint density at radius 2 is 2.19 bits per heavy atom. The van der Waals surface area contributed by atoms with Crippen molar-refractivity contribution in [3.8, 4) is 0 Å². The monoisotopic (exact) mass is 298 g/mol. The Balaban J connectivity index is 2.83. The van der Waals surface area contributed by atoms with Crippen molar-refractivity contribution in [2.45, 2.75) is 12.5 Å². The lowest BCUT2D eigenvalue weighted by atomic mass is 10.1. The van der Waals surface area contributed by atoms with E-state index in [9.17, 15) is 24.8 Å². The topological polar surface area (TPSA) is 129 Å². The van der Waals surface area contributed by atoms with E-state index in [1.54, 1.807) is 19.0 Å². The van der Waals surface area contributed by atoms with E-state index in [-0.39, 0.29) is 17.8 Å². The van der Waals surface area contributed by atoms with Gasteiger partial charge in [-0.05, 0) is 21.0 Å². The molecule has 1 aromatic rings. The van der Waals surface area contributed by atoms with Crippen LogP contribution in [0.4, 0.5) is 5.69 Å². The van der Waals surface area contributed by atoms with Crippen LogP contribution < -0.4 is 10.9 Å². The van der Waals surface area contributed by atoms with Gasteiger partial charge in [0.1, 0.15) is 5.56 Å². The molecule has 0 aliphatic heterocycles. The smallest absolute Gasteiger partial charge is 0.286 e. The molecule has 3 N–H and O–H groups in total. The molecule has 0 aliphatic carbocycles. The Bertz CT molecular complexity index is 594. The van der Waals surface area contributed by atoms with Crippen molar-refractivity contribution >= 4 is 11.6 Å². The molecule has 9 nitrogen and oxygen atoms in total. The second-order valence-corrected chi connectivity index (χ2v) is 5.28. The number of amides is 1. The molecule has 0 aromatic carbocycles. The van der Waals surface area contributed by atoms with Gasteiger partial charge in [-0.3, -0.25) is 19.7 Å². The van der Waals surface area contributed by atoms with E-state index in [1.165, 1.54) is 6.92 Å². The highest BCUT2D eigenvalue weighted by atomic mass is 16.6. The molecular formula is C12H18N4O5. The van der Waals surface area contributed by atoms with Gasteiger partial charge in [0.05, 0.1) is 16.7 Å². The predicted molar refractivity (Wildman–Crippen MR) is 75.2 cm³/mol. The minimum absolute atomic E-state index is 0.0911. The Hall–Kier alpha value is -2.26. The van der Waals surface area contributed by atoms with E-state index >= 15 is 0 Å². The Morgan fingerprint density at radius 3 is 2.71 bits per heavy atom.